The monoisotopic (exact) mass is 722 g/mol. The van der Waals surface area contributed by atoms with Gasteiger partial charge in [-0.15, -0.1) is 0 Å². The molecule has 4 saturated carbocycles. The molecule has 5 unspecified atom stereocenters. The predicted molar refractivity (Wildman–Crippen MR) is 192 cm³/mol. The first kappa shape index (κ1) is 40.2. The molecule has 12 radical (unpaired) electrons. The second-order valence-electron chi connectivity index (χ2n) is 14.3. The average molecular weight is 722 g/mol. The number of esters is 3. The smallest absolute Gasteiger partial charge is 0.405 e. The van der Waals surface area contributed by atoms with Gasteiger partial charge >= 0.3 is 33.3 Å². The van der Waals surface area contributed by atoms with Gasteiger partial charge in [0.25, 0.3) is 0 Å². The van der Waals surface area contributed by atoms with Crippen molar-refractivity contribution in [3.63, 3.8) is 0 Å². The van der Waals surface area contributed by atoms with Crippen molar-refractivity contribution in [1.29, 1.82) is 0 Å². The maximum atomic E-state index is 14.6. The minimum absolute atomic E-state index is 0.0499. The Morgan fingerprint density at radius 2 is 1.37 bits per heavy atom. The summed E-state index contributed by atoms with van der Waals surface area (Å²) in [7, 11) is 29.9. The maximum Gasteiger partial charge on any atom is 0.405 e. The number of alkyl halides is 2. The Bertz CT molecular complexity index is 1880. The Labute approximate surface area is 310 Å². The van der Waals surface area contributed by atoms with Crippen molar-refractivity contribution >= 4 is 75.1 Å². The number of hydrogen-bond donors (Lipinski definition) is 1. The number of carbonyl (C=O) groups excluding carboxylic acids is 3. The number of hydrogen-bond acceptors (Lipinski definition) is 8. The molecular weight excluding hydrogens is 687 g/mol. The van der Waals surface area contributed by atoms with Gasteiger partial charge in [-0.05, 0) is 54.9 Å². The summed E-state index contributed by atoms with van der Waals surface area (Å²) in [5.74, 6) is -3.29. The lowest BCUT2D eigenvalue weighted by atomic mass is 9.46. The lowest BCUT2D eigenvalue weighted by Gasteiger charge is -2.63. The Balaban J connectivity index is 1.59. The van der Waals surface area contributed by atoms with Crippen LogP contribution < -0.4 is 0 Å². The third kappa shape index (κ3) is 7.15. The summed E-state index contributed by atoms with van der Waals surface area (Å²) < 4.78 is 79.1. The molecule has 4 aliphatic rings. The largest absolute Gasteiger partial charge is 0.455 e. The minimum atomic E-state index is -5.96. The van der Waals surface area contributed by atoms with E-state index in [1.54, 1.807) is 18.2 Å². The molecule has 6 rings (SSSR count). The Kier molecular flexibility index (Phi) is 11.3. The van der Waals surface area contributed by atoms with Gasteiger partial charge in [-0.3, -0.25) is 9.35 Å². The molecule has 2 aromatic carbocycles. The summed E-state index contributed by atoms with van der Waals surface area (Å²) in [6, 6.07) is 6.62. The second kappa shape index (κ2) is 14.7. The highest BCUT2D eigenvalue weighted by atomic mass is 32.2. The van der Waals surface area contributed by atoms with Crippen LogP contribution >= 0.6 is 0 Å². The molecule has 0 spiro atoms. The van der Waals surface area contributed by atoms with E-state index in [2.05, 4.69) is 0 Å². The van der Waals surface area contributed by atoms with E-state index in [4.69, 9.17) is 65.8 Å². The molecule has 1 N–H and O–H groups in total. The maximum absolute atomic E-state index is 14.6. The number of benzene rings is 2. The predicted octanol–water partition coefficient (Wildman–Crippen LogP) is 2.59. The molecular formula is C34H34B6F2O9S. The standard InChI is InChI=1S/C34H34B6F2O9S/c1-18(34(41,42)52(46,47)48)49-30(45)31-6-20-7-32(15-31,50-28(43)24-5-19(9-35)4-23(12-38)25(24)13-39)17-33(8-20,16-31)51-29(44)27-22(11-37)3-2-21(10-36)26(27)14-40/h2-5,18,20H,6-17H2,1H3,(H,46,47,48). The highest BCUT2D eigenvalue weighted by Gasteiger charge is 2.70. The van der Waals surface area contributed by atoms with Gasteiger partial charge in [0, 0.05) is 19.3 Å². The van der Waals surface area contributed by atoms with Crippen molar-refractivity contribution < 1.29 is 50.3 Å². The van der Waals surface area contributed by atoms with Gasteiger partial charge in [0.05, 0.1) is 63.6 Å². The summed E-state index contributed by atoms with van der Waals surface area (Å²) >= 11 is 0. The van der Waals surface area contributed by atoms with E-state index >= 15 is 0 Å². The van der Waals surface area contributed by atoms with Gasteiger partial charge in [0.2, 0.25) is 0 Å². The molecule has 52 heavy (non-hydrogen) atoms. The van der Waals surface area contributed by atoms with Crippen LogP contribution in [0.2, 0.25) is 0 Å². The van der Waals surface area contributed by atoms with E-state index in [0.717, 1.165) is 0 Å². The first-order valence-corrected chi connectivity index (χ1v) is 18.3. The molecule has 262 valence electrons. The summed E-state index contributed by atoms with van der Waals surface area (Å²) in [5, 5.41) is -4.84. The van der Waals surface area contributed by atoms with Crippen molar-refractivity contribution in [3.05, 3.63) is 68.8 Å². The van der Waals surface area contributed by atoms with Gasteiger partial charge in [-0.25, -0.2) is 9.59 Å². The normalized spacial score (nSPS) is 25.7. The third-order valence-electron chi connectivity index (χ3n) is 10.7. The topological polar surface area (TPSA) is 133 Å². The van der Waals surface area contributed by atoms with E-state index in [1.807, 2.05) is 0 Å². The quantitative estimate of drug-likeness (QED) is 0.135. The van der Waals surface area contributed by atoms with Crippen molar-refractivity contribution in [2.45, 2.75) is 106 Å². The second-order valence-corrected chi connectivity index (χ2v) is 15.8. The first-order valence-electron chi connectivity index (χ1n) is 16.9. The van der Waals surface area contributed by atoms with Crippen LogP contribution in [-0.2, 0) is 67.0 Å². The van der Waals surface area contributed by atoms with Gasteiger partial charge in [0.1, 0.15) is 11.2 Å². The van der Waals surface area contributed by atoms with Crippen LogP contribution in [0.5, 0.6) is 0 Å². The fraction of sp³-hybridized carbons (Fsp3) is 0.559. The molecule has 2 aromatic rings. The van der Waals surface area contributed by atoms with Crippen LogP contribution in [0.1, 0.15) is 99.5 Å². The third-order valence-corrected chi connectivity index (χ3v) is 11.8. The Morgan fingerprint density at radius 3 is 1.88 bits per heavy atom. The van der Waals surface area contributed by atoms with Crippen LogP contribution in [0, 0.1) is 11.3 Å². The molecule has 5 atom stereocenters. The molecule has 4 bridgehead atoms. The zero-order valence-corrected chi connectivity index (χ0v) is 29.6. The molecule has 0 aromatic heterocycles. The van der Waals surface area contributed by atoms with Gasteiger partial charge < -0.3 is 14.2 Å². The lowest BCUT2D eigenvalue weighted by molar-refractivity contribution is -0.241. The molecule has 18 heteroatoms. The first-order chi connectivity index (χ1) is 24.4. The zero-order chi connectivity index (χ0) is 38.4. The van der Waals surface area contributed by atoms with E-state index in [-0.39, 0.29) is 87.6 Å². The van der Waals surface area contributed by atoms with Crippen LogP contribution in [0.3, 0.4) is 0 Å². The number of carbonyl (C=O) groups is 3. The van der Waals surface area contributed by atoms with E-state index in [0.29, 0.717) is 40.3 Å². The highest BCUT2D eigenvalue weighted by Crippen LogP contribution is 2.66. The SMILES string of the molecule is [B]Cc1cc(C[B])c(C[B])c(C(=O)OC23CC4CC(OC(=O)c5c(C[B])ccc(C[B])c5C[B])(C2)CC(C(=O)OC(C)C(F)(F)S(=O)(=O)O)(C4)C3)c1. The summed E-state index contributed by atoms with van der Waals surface area (Å²) in [6.07, 6.45) is -2.56. The molecule has 4 aliphatic carbocycles. The van der Waals surface area contributed by atoms with Crippen LogP contribution in [0.4, 0.5) is 8.78 Å². The number of rotatable bonds is 14. The van der Waals surface area contributed by atoms with Gasteiger partial charge in [-0.1, -0.05) is 72.8 Å². The van der Waals surface area contributed by atoms with Gasteiger partial charge in [-0.2, -0.15) is 17.2 Å². The van der Waals surface area contributed by atoms with Crippen LogP contribution in [-0.4, -0.2) is 101 Å². The average Bonchev–Trinajstić information content (AvgIpc) is 3.08. The van der Waals surface area contributed by atoms with Crippen molar-refractivity contribution in [2.24, 2.45) is 11.3 Å². The van der Waals surface area contributed by atoms with E-state index in [1.165, 1.54) is 6.07 Å². The molecule has 0 aliphatic heterocycles. The van der Waals surface area contributed by atoms with E-state index < -0.39 is 61.9 Å². The molecule has 0 heterocycles. The van der Waals surface area contributed by atoms with Crippen molar-refractivity contribution in [3.8, 4) is 0 Å². The Hall–Kier alpha value is -2.99. The Morgan fingerprint density at radius 1 is 0.808 bits per heavy atom. The van der Waals surface area contributed by atoms with Crippen molar-refractivity contribution in [1.82, 2.24) is 0 Å². The summed E-state index contributed by atoms with van der Waals surface area (Å²) in [6.45, 7) is 0.638. The summed E-state index contributed by atoms with van der Waals surface area (Å²) in [5.41, 5.74) is -1.42. The molecule has 9 nitrogen and oxygen atoms in total. The molecule has 4 fully saturated rings. The van der Waals surface area contributed by atoms with Gasteiger partial charge in [0.15, 0.2) is 6.10 Å². The molecule has 0 saturated heterocycles. The van der Waals surface area contributed by atoms with Crippen LogP contribution in [0.15, 0.2) is 24.3 Å². The van der Waals surface area contributed by atoms with Crippen LogP contribution in [0.25, 0.3) is 0 Å². The highest BCUT2D eigenvalue weighted by molar-refractivity contribution is 7.86. The fourth-order valence-corrected chi connectivity index (χ4v) is 9.36. The summed E-state index contributed by atoms with van der Waals surface area (Å²) in [4.78, 5) is 42.3. The molecule has 0 amide bonds. The fourth-order valence-electron chi connectivity index (χ4n) is 8.89. The number of halogens is 2. The lowest BCUT2D eigenvalue weighted by Crippen LogP contribution is -2.67. The number of ether oxygens (including phenoxy) is 3. The van der Waals surface area contributed by atoms with Crippen molar-refractivity contribution in [2.75, 3.05) is 0 Å². The minimum Gasteiger partial charge on any atom is -0.455 e. The zero-order valence-electron chi connectivity index (χ0n) is 28.8. The van der Waals surface area contributed by atoms with E-state index in [9.17, 15) is 31.6 Å².